The molecule has 0 aliphatic carbocycles. The van der Waals surface area contributed by atoms with Gasteiger partial charge in [-0.15, -0.1) is 0 Å². The number of amides is 1. The lowest BCUT2D eigenvalue weighted by atomic mass is 10.1. The predicted molar refractivity (Wildman–Crippen MR) is 89.4 cm³/mol. The van der Waals surface area contributed by atoms with Crippen molar-refractivity contribution in [2.75, 3.05) is 25.5 Å². The number of methoxy groups -OCH3 is 1. The number of aliphatic carboxylic acids is 1. The van der Waals surface area contributed by atoms with Gasteiger partial charge < -0.3 is 20.1 Å². The normalized spacial score (nSPS) is 19.6. The minimum Gasteiger partial charge on any atom is -0.481 e. The molecule has 2 unspecified atom stereocenters. The van der Waals surface area contributed by atoms with Gasteiger partial charge >= 0.3 is 5.97 Å². The van der Waals surface area contributed by atoms with E-state index in [1.165, 1.54) is 18.1 Å². The van der Waals surface area contributed by atoms with Crippen molar-refractivity contribution in [3.05, 3.63) is 34.4 Å². The molecule has 136 valence electrons. The summed E-state index contributed by atoms with van der Waals surface area (Å²) in [6.07, 6.45) is 0.310. The maximum absolute atomic E-state index is 12.4. The molecule has 0 radical (unpaired) electrons. The van der Waals surface area contributed by atoms with Crippen LogP contribution in [0, 0.1) is 10.1 Å². The summed E-state index contributed by atoms with van der Waals surface area (Å²) in [6, 6.07) is 5.81. The molecule has 0 spiro atoms. The van der Waals surface area contributed by atoms with Crippen molar-refractivity contribution in [1.29, 1.82) is 0 Å². The van der Waals surface area contributed by atoms with Gasteiger partial charge in [-0.2, -0.15) is 0 Å². The van der Waals surface area contributed by atoms with Crippen LogP contribution in [-0.4, -0.2) is 59.2 Å². The molecule has 2 N–H and O–H groups in total. The molecule has 0 aromatic heterocycles. The Kier molecular flexibility index (Phi) is 6.29. The Morgan fingerprint density at radius 3 is 2.80 bits per heavy atom. The largest absolute Gasteiger partial charge is 0.481 e. The number of nitrogens with one attached hydrogen (secondary N) is 1. The SMILES string of the molecule is COC1CC(CC(=O)O)N(C(=O)CCNc2ccccc2[N+](=O)[O-])C1. The fourth-order valence-corrected chi connectivity index (χ4v) is 2.98. The molecule has 2 rings (SSSR count). The highest BCUT2D eigenvalue weighted by Crippen LogP contribution is 2.25. The maximum atomic E-state index is 12.4. The molecule has 1 saturated heterocycles. The average molecular weight is 351 g/mol. The molecule has 1 aromatic rings. The van der Waals surface area contributed by atoms with Gasteiger partial charge in [0.1, 0.15) is 5.69 Å². The number of nitro benzene ring substituents is 1. The van der Waals surface area contributed by atoms with Crippen LogP contribution in [0.15, 0.2) is 24.3 Å². The van der Waals surface area contributed by atoms with Crippen LogP contribution >= 0.6 is 0 Å². The van der Waals surface area contributed by atoms with Gasteiger partial charge in [0, 0.05) is 38.7 Å². The minimum absolute atomic E-state index is 0.0562. The molecule has 1 amide bonds. The Bertz CT molecular complexity index is 651. The Morgan fingerprint density at radius 2 is 2.16 bits per heavy atom. The second kappa shape index (κ2) is 8.43. The number of para-hydroxylation sites is 2. The first-order valence-corrected chi connectivity index (χ1v) is 7.93. The maximum Gasteiger partial charge on any atom is 0.305 e. The zero-order valence-corrected chi connectivity index (χ0v) is 13.9. The molecule has 1 fully saturated rings. The second-order valence-corrected chi connectivity index (χ2v) is 5.84. The lowest BCUT2D eigenvalue weighted by Crippen LogP contribution is -2.38. The number of anilines is 1. The number of carbonyl (C=O) groups is 2. The highest BCUT2D eigenvalue weighted by Gasteiger charge is 2.36. The highest BCUT2D eigenvalue weighted by molar-refractivity contribution is 5.79. The fraction of sp³-hybridized carbons (Fsp3) is 0.500. The average Bonchev–Trinajstić information content (AvgIpc) is 2.97. The van der Waals surface area contributed by atoms with Gasteiger partial charge in [-0.25, -0.2) is 0 Å². The Morgan fingerprint density at radius 1 is 1.44 bits per heavy atom. The quantitative estimate of drug-likeness (QED) is 0.537. The van der Waals surface area contributed by atoms with Crippen molar-refractivity contribution < 1.29 is 24.4 Å². The number of carboxylic acids is 1. The van der Waals surface area contributed by atoms with E-state index in [1.807, 2.05) is 0 Å². The first-order valence-electron chi connectivity index (χ1n) is 7.93. The Labute approximate surface area is 144 Å². The van der Waals surface area contributed by atoms with E-state index in [2.05, 4.69) is 5.32 Å². The molecule has 1 aliphatic heterocycles. The number of nitrogens with zero attached hydrogens (tertiary/aromatic N) is 2. The van der Waals surface area contributed by atoms with Crippen LogP contribution in [-0.2, 0) is 14.3 Å². The van der Waals surface area contributed by atoms with Crippen LogP contribution in [0.4, 0.5) is 11.4 Å². The zero-order valence-electron chi connectivity index (χ0n) is 13.9. The summed E-state index contributed by atoms with van der Waals surface area (Å²) in [5.74, 6) is -1.16. The van der Waals surface area contributed by atoms with E-state index in [1.54, 1.807) is 18.2 Å². The lowest BCUT2D eigenvalue weighted by molar-refractivity contribution is -0.384. The van der Waals surface area contributed by atoms with E-state index < -0.39 is 10.9 Å². The molecule has 1 heterocycles. The summed E-state index contributed by atoms with van der Waals surface area (Å²) < 4.78 is 5.24. The molecule has 0 saturated carbocycles. The van der Waals surface area contributed by atoms with Gasteiger partial charge in [0.05, 0.1) is 17.4 Å². The number of hydrogen-bond donors (Lipinski definition) is 2. The van der Waals surface area contributed by atoms with Crippen molar-refractivity contribution in [2.24, 2.45) is 0 Å². The Balaban J connectivity index is 1.93. The number of hydrogen-bond acceptors (Lipinski definition) is 6. The summed E-state index contributed by atoms with van der Waals surface area (Å²) >= 11 is 0. The summed E-state index contributed by atoms with van der Waals surface area (Å²) in [7, 11) is 1.53. The second-order valence-electron chi connectivity index (χ2n) is 5.84. The van der Waals surface area contributed by atoms with Crippen LogP contribution in [0.1, 0.15) is 19.3 Å². The van der Waals surface area contributed by atoms with Gasteiger partial charge in [-0.05, 0) is 12.5 Å². The molecule has 2 atom stereocenters. The van der Waals surface area contributed by atoms with Crippen molar-refractivity contribution in [1.82, 2.24) is 4.90 Å². The highest BCUT2D eigenvalue weighted by atomic mass is 16.6. The number of rotatable bonds is 8. The van der Waals surface area contributed by atoms with E-state index in [4.69, 9.17) is 9.84 Å². The predicted octanol–water partition coefficient (Wildman–Crippen LogP) is 1.49. The summed E-state index contributed by atoms with van der Waals surface area (Å²) in [6.45, 7) is 0.580. The first kappa shape index (κ1) is 18.7. The van der Waals surface area contributed by atoms with E-state index in [0.717, 1.165) is 0 Å². The van der Waals surface area contributed by atoms with Gasteiger partial charge in [-0.3, -0.25) is 19.7 Å². The van der Waals surface area contributed by atoms with Crippen molar-refractivity contribution >= 4 is 23.3 Å². The lowest BCUT2D eigenvalue weighted by Gasteiger charge is -2.23. The molecule has 1 aliphatic rings. The van der Waals surface area contributed by atoms with Crippen molar-refractivity contribution in [3.63, 3.8) is 0 Å². The third-order valence-electron chi connectivity index (χ3n) is 4.20. The van der Waals surface area contributed by atoms with Crippen LogP contribution in [0.3, 0.4) is 0 Å². The molecular weight excluding hydrogens is 330 g/mol. The zero-order chi connectivity index (χ0) is 18.4. The number of carbonyl (C=O) groups excluding carboxylic acids is 1. The third-order valence-corrected chi connectivity index (χ3v) is 4.20. The summed E-state index contributed by atoms with van der Waals surface area (Å²) in [5.41, 5.74) is 0.290. The number of nitro groups is 1. The van der Waals surface area contributed by atoms with Crippen LogP contribution in [0.2, 0.25) is 0 Å². The topological polar surface area (TPSA) is 122 Å². The number of benzene rings is 1. The Hall–Kier alpha value is -2.68. The van der Waals surface area contributed by atoms with Gasteiger partial charge in [0.25, 0.3) is 5.69 Å². The molecular formula is C16H21N3O6. The number of ether oxygens (including phenoxy) is 1. The number of carboxylic acid groups (broad SMARTS) is 1. The van der Waals surface area contributed by atoms with E-state index in [0.29, 0.717) is 18.7 Å². The van der Waals surface area contributed by atoms with Crippen molar-refractivity contribution in [3.8, 4) is 0 Å². The number of likely N-dealkylation sites (tertiary alicyclic amines) is 1. The van der Waals surface area contributed by atoms with E-state index in [9.17, 15) is 19.7 Å². The van der Waals surface area contributed by atoms with Gasteiger partial charge in [0.2, 0.25) is 5.91 Å². The molecule has 25 heavy (non-hydrogen) atoms. The minimum atomic E-state index is -0.961. The molecule has 0 bridgehead atoms. The summed E-state index contributed by atoms with van der Waals surface area (Å²) in [5, 5.41) is 22.8. The van der Waals surface area contributed by atoms with Gasteiger partial charge in [-0.1, -0.05) is 12.1 Å². The monoisotopic (exact) mass is 351 g/mol. The molecule has 9 nitrogen and oxygen atoms in total. The van der Waals surface area contributed by atoms with Crippen LogP contribution in [0.5, 0.6) is 0 Å². The molecule has 9 heteroatoms. The van der Waals surface area contributed by atoms with E-state index in [-0.39, 0.29) is 43.1 Å². The van der Waals surface area contributed by atoms with E-state index >= 15 is 0 Å². The van der Waals surface area contributed by atoms with Gasteiger partial charge in [0.15, 0.2) is 0 Å². The fourth-order valence-electron chi connectivity index (χ4n) is 2.98. The smallest absolute Gasteiger partial charge is 0.305 e. The summed E-state index contributed by atoms with van der Waals surface area (Å²) in [4.78, 5) is 35.4. The van der Waals surface area contributed by atoms with Crippen molar-refractivity contribution in [2.45, 2.75) is 31.4 Å². The van der Waals surface area contributed by atoms with Crippen LogP contribution in [0.25, 0.3) is 0 Å². The molecule has 1 aromatic carbocycles. The first-order chi connectivity index (χ1) is 11.9. The van der Waals surface area contributed by atoms with Crippen LogP contribution < -0.4 is 5.32 Å². The standard InChI is InChI=1S/C16H21N3O6/c1-25-12-8-11(9-16(21)22)18(10-12)15(20)6-7-17-13-4-2-3-5-14(13)19(23)24/h2-5,11-12,17H,6-10H2,1H3,(H,21,22). The third kappa shape index (κ3) is 4.90.